The molecule has 0 aliphatic rings. The normalized spacial score (nSPS) is 12.3. The Hall–Kier alpha value is -0.710. The minimum absolute atomic E-state index is 0. The van der Waals surface area contributed by atoms with E-state index in [4.69, 9.17) is 9.47 Å². The molecular formula is C18H32IN3O3S. The Balaban J connectivity index is 0.00000625. The summed E-state index contributed by atoms with van der Waals surface area (Å²) >= 11 is 0. The summed E-state index contributed by atoms with van der Waals surface area (Å²) in [7, 11) is 0.781. The average molecular weight is 497 g/mol. The first kappa shape index (κ1) is 25.3. The summed E-state index contributed by atoms with van der Waals surface area (Å²) in [5, 5.41) is 6.43. The first-order chi connectivity index (χ1) is 12.3. The highest BCUT2D eigenvalue weighted by atomic mass is 127. The summed E-state index contributed by atoms with van der Waals surface area (Å²) in [6, 6.07) is 9.92. The van der Waals surface area contributed by atoms with Gasteiger partial charge >= 0.3 is 0 Å². The van der Waals surface area contributed by atoms with Gasteiger partial charge in [0.25, 0.3) is 0 Å². The van der Waals surface area contributed by atoms with Gasteiger partial charge in [-0.2, -0.15) is 0 Å². The van der Waals surface area contributed by atoms with Crippen LogP contribution < -0.4 is 10.6 Å². The zero-order valence-electron chi connectivity index (χ0n) is 15.7. The quantitative estimate of drug-likeness (QED) is 0.189. The molecule has 1 aromatic carbocycles. The van der Waals surface area contributed by atoms with Crippen LogP contribution in [0.3, 0.4) is 0 Å². The second-order valence-corrected chi connectivity index (χ2v) is 7.00. The predicted molar refractivity (Wildman–Crippen MR) is 120 cm³/mol. The molecule has 150 valence electrons. The van der Waals surface area contributed by atoms with E-state index in [1.54, 1.807) is 7.11 Å². The molecule has 0 spiro atoms. The van der Waals surface area contributed by atoms with Gasteiger partial charge in [0.2, 0.25) is 0 Å². The maximum atomic E-state index is 12.1. The number of aliphatic imine (C=N–C) groups is 1. The van der Waals surface area contributed by atoms with E-state index >= 15 is 0 Å². The van der Waals surface area contributed by atoms with Gasteiger partial charge in [-0.05, 0) is 18.9 Å². The Kier molecular flexibility index (Phi) is 17.2. The van der Waals surface area contributed by atoms with E-state index in [1.165, 1.54) is 0 Å². The number of ether oxygens (including phenoxy) is 2. The zero-order chi connectivity index (χ0) is 18.2. The van der Waals surface area contributed by atoms with Gasteiger partial charge in [0, 0.05) is 55.7 Å². The second-order valence-electron chi connectivity index (χ2n) is 5.42. The Bertz CT molecular complexity index is 504. The second kappa shape index (κ2) is 17.7. The van der Waals surface area contributed by atoms with E-state index in [0.29, 0.717) is 44.4 Å². The van der Waals surface area contributed by atoms with Crippen LogP contribution in [0, 0.1) is 0 Å². The largest absolute Gasteiger partial charge is 0.382 e. The standard InChI is InChI=1S/C18H31N3O3S.HI/c1-3-19-18(20-10-7-12-24-14-13-23-2)21-11-15-25(22)16-17-8-5-4-6-9-17;/h4-6,8-9H,3,7,10-16H2,1-2H3,(H2,19,20,21);1H. The number of methoxy groups -OCH3 is 1. The van der Waals surface area contributed by atoms with Crippen molar-refractivity contribution in [3.05, 3.63) is 35.9 Å². The lowest BCUT2D eigenvalue weighted by Gasteiger charge is -2.11. The van der Waals surface area contributed by atoms with Crippen LogP contribution in [0.15, 0.2) is 35.3 Å². The lowest BCUT2D eigenvalue weighted by atomic mass is 10.2. The van der Waals surface area contributed by atoms with Crippen LogP contribution in [0.1, 0.15) is 18.9 Å². The van der Waals surface area contributed by atoms with Crippen LogP contribution in [0.25, 0.3) is 0 Å². The van der Waals surface area contributed by atoms with Crippen LogP contribution in [-0.2, 0) is 26.0 Å². The van der Waals surface area contributed by atoms with E-state index < -0.39 is 10.8 Å². The van der Waals surface area contributed by atoms with Crippen molar-refractivity contribution in [1.29, 1.82) is 0 Å². The molecule has 0 amide bonds. The van der Waals surface area contributed by atoms with Crippen LogP contribution in [0.4, 0.5) is 0 Å². The van der Waals surface area contributed by atoms with Gasteiger partial charge in [0.1, 0.15) is 0 Å². The fraction of sp³-hybridized carbons (Fsp3) is 0.611. The van der Waals surface area contributed by atoms with Crippen LogP contribution in [0.2, 0.25) is 0 Å². The van der Waals surface area contributed by atoms with Crippen molar-refractivity contribution in [3.63, 3.8) is 0 Å². The molecule has 0 aliphatic heterocycles. The third-order valence-electron chi connectivity index (χ3n) is 3.29. The minimum atomic E-state index is -0.881. The first-order valence-electron chi connectivity index (χ1n) is 8.74. The molecular weight excluding hydrogens is 465 g/mol. The Morgan fingerprint density at radius 3 is 2.62 bits per heavy atom. The molecule has 0 radical (unpaired) electrons. The summed E-state index contributed by atoms with van der Waals surface area (Å²) in [6.07, 6.45) is 0.861. The first-order valence-corrected chi connectivity index (χ1v) is 10.2. The van der Waals surface area contributed by atoms with Crippen LogP contribution in [0.5, 0.6) is 0 Å². The van der Waals surface area contributed by atoms with Crippen molar-refractivity contribution >= 4 is 40.7 Å². The number of hydrogen-bond acceptors (Lipinski definition) is 4. The maximum absolute atomic E-state index is 12.1. The van der Waals surface area contributed by atoms with Gasteiger partial charge in [0.15, 0.2) is 5.96 Å². The van der Waals surface area contributed by atoms with Gasteiger partial charge in [-0.25, -0.2) is 0 Å². The molecule has 0 aromatic heterocycles. The molecule has 0 aliphatic carbocycles. The predicted octanol–water partition coefficient (Wildman–Crippen LogP) is 2.16. The monoisotopic (exact) mass is 497 g/mol. The summed E-state index contributed by atoms with van der Waals surface area (Å²) in [4.78, 5) is 4.50. The van der Waals surface area contributed by atoms with Crippen LogP contribution >= 0.6 is 24.0 Å². The highest BCUT2D eigenvalue weighted by Gasteiger charge is 2.03. The average Bonchev–Trinajstić information content (AvgIpc) is 2.61. The lowest BCUT2D eigenvalue weighted by Crippen LogP contribution is -2.39. The van der Waals surface area contributed by atoms with Crippen molar-refractivity contribution in [3.8, 4) is 0 Å². The van der Waals surface area contributed by atoms with Gasteiger partial charge < -0.3 is 20.1 Å². The fourth-order valence-electron chi connectivity index (χ4n) is 2.06. The molecule has 0 bridgehead atoms. The van der Waals surface area contributed by atoms with E-state index in [1.807, 2.05) is 37.3 Å². The highest BCUT2D eigenvalue weighted by molar-refractivity contribution is 14.0. The Morgan fingerprint density at radius 2 is 1.92 bits per heavy atom. The molecule has 1 atom stereocenters. The SMILES string of the molecule is CCNC(=NCCCOCCOC)NCCS(=O)Cc1ccccc1.I. The van der Waals surface area contributed by atoms with E-state index in [2.05, 4.69) is 15.6 Å². The summed E-state index contributed by atoms with van der Waals surface area (Å²) in [6.45, 7) is 6.06. The van der Waals surface area contributed by atoms with E-state index in [9.17, 15) is 4.21 Å². The molecule has 0 heterocycles. The van der Waals surface area contributed by atoms with Gasteiger partial charge in [-0.3, -0.25) is 9.20 Å². The smallest absolute Gasteiger partial charge is 0.191 e. The molecule has 1 unspecified atom stereocenters. The third-order valence-corrected chi connectivity index (χ3v) is 4.60. The molecule has 6 nitrogen and oxygen atoms in total. The molecule has 8 heteroatoms. The van der Waals surface area contributed by atoms with Crippen molar-refractivity contribution < 1.29 is 13.7 Å². The minimum Gasteiger partial charge on any atom is -0.382 e. The molecule has 2 N–H and O–H groups in total. The van der Waals surface area contributed by atoms with Gasteiger partial charge in [-0.15, -0.1) is 24.0 Å². The number of guanidine groups is 1. The van der Waals surface area contributed by atoms with E-state index in [-0.39, 0.29) is 24.0 Å². The molecule has 1 aromatic rings. The molecule has 1 rings (SSSR count). The number of rotatable bonds is 13. The number of nitrogens with one attached hydrogen (secondary N) is 2. The molecule has 0 saturated heterocycles. The lowest BCUT2D eigenvalue weighted by molar-refractivity contribution is 0.0702. The Labute approximate surface area is 177 Å². The zero-order valence-corrected chi connectivity index (χ0v) is 18.9. The van der Waals surface area contributed by atoms with Gasteiger partial charge in [-0.1, -0.05) is 30.3 Å². The summed E-state index contributed by atoms with van der Waals surface area (Å²) in [5.74, 6) is 1.95. The number of hydrogen-bond donors (Lipinski definition) is 2. The summed E-state index contributed by atoms with van der Waals surface area (Å²) < 4.78 is 22.5. The Morgan fingerprint density at radius 1 is 1.15 bits per heavy atom. The summed E-state index contributed by atoms with van der Waals surface area (Å²) in [5.41, 5.74) is 1.11. The van der Waals surface area contributed by atoms with Gasteiger partial charge in [0.05, 0.1) is 13.2 Å². The van der Waals surface area contributed by atoms with Crippen molar-refractivity contribution in [1.82, 2.24) is 10.6 Å². The van der Waals surface area contributed by atoms with Crippen molar-refractivity contribution in [2.24, 2.45) is 4.99 Å². The molecule has 0 fully saturated rings. The number of nitrogens with zero attached hydrogens (tertiary/aromatic N) is 1. The third kappa shape index (κ3) is 13.5. The van der Waals surface area contributed by atoms with Crippen LogP contribution in [-0.4, -0.2) is 62.5 Å². The van der Waals surface area contributed by atoms with E-state index in [0.717, 1.165) is 24.5 Å². The topological polar surface area (TPSA) is 72.0 Å². The van der Waals surface area contributed by atoms with Crippen molar-refractivity contribution in [2.75, 3.05) is 52.3 Å². The molecule has 26 heavy (non-hydrogen) atoms. The fourth-order valence-corrected chi connectivity index (χ4v) is 3.10. The highest BCUT2D eigenvalue weighted by Crippen LogP contribution is 2.02. The molecule has 0 saturated carbocycles. The van der Waals surface area contributed by atoms with Crippen molar-refractivity contribution in [2.45, 2.75) is 19.1 Å². The maximum Gasteiger partial charge on any atom is 0.191 e. The number of halogens is 1. The number of benzene rings is 1.